The molecule has 4 rings (SSSR count). The minimum absolute atomic E-state index is 0.916. The number of aromatic nitrogens is 1. The van der Waals surface area contributed by atoms with Crippen LogP contribution in [0, 0.1) is 0 Å². The zero-order chi connectivity index (χ0) is 14.8. The summed E-state index contributed by atoms with van der Waals surface area (Å²) in [6.07, 6.45) is 4.86. The fourth-order valence-corrected chi connectivity index (χ4v) is 3.50. The van der Waals surface area contributed by atoms with E-state index in [1.807, 2.05) is 12.4 Å². The van der Waals surface area contributed by atoms with E-state index in [4.69, 9.17) is 0 Å². The molecule has 0 fully saturated rings. The Bertz CT molecular complexity index is 896. The second-order valence-corrected chi connectivity index (χ2v) is 6.32. The highest BCUT2D eigenvalue weighted by molar-refractivity contribution is 7.13. The van der Waals surface area contributed by atoms with Crippen molar-refractivity contribution in [1.82, 2.24) is 4.98 Å². The van der Waals surface area contributed by atoms with Crippen LogP contribution in [-0.4, -0.2) is 4.98 Å². The maximum Gasteiger partial charge on any atom is 0.0346 e. The molecule has 2 heterocycles. The van der Waals surface area contributed by atoms with E-state index in [9.17, 15) is 0 Å². The predicted octanol–water partition coefficient (Wildman–Crippen LogP) is 5.55. The normalized spacial score (nSPS) is 10.9. The summed E-state index contributed by atoms with van der Waals surface area (Å²) >= 11 is 1.78. The minimum atomic E-state index is 0.916. The lowest BCUT2D eigenvalue weighted by Gasteiger charge is -2.08. The van der Waals surface area contributed by atoms with Crippen LogP contribution in [0.2, 0.25) is 0 Å². The van der Waals surface area contributed by atoms with Crippen LogP contribution in [0.15, 0.2) is 78.4 Å². The molecule has 0 saturated heterocycles. The molecule has 0 spiro atoms. The molecule has 0 radical (unpaired) electrons. The molecule has 22 heavy (non-hydrogen) atoms. The highest BCUT2D eigenvalue weighted by Crippen LogP contribution is 2.29. The molecule has 0 bridgehead atoms. The zero-order valence-corrected chi connectivity index (χ0v) is 12.9. The summed E-state index contributed by atoms with van der Waals surface area (Å²) in [5.41, 5.74) is 3.88. The molecule has 4 aromatic rings. The summed E-state index contributed by atoms with van der Waals surface area (Å²) in [5.74, 6) is 0. The highest BCUT2D eigenvalue weighted by atomic mass is 32.1. The van der Waals surface area contributed by atoms with Crippen LogP contribution in [0.1, 0.15) is 11.1 Å². The number of thiophene rings is 1. The van der Waals surface area contributed by atoms with Crippen molar-refractivity contribution in [1.29, 1.82) is 0 Å². The zero-order valence-electron chi connectivity index (χ0n) is 12.1. The lowest BCUT2D eigenvalue weighted by atomic mass is 9.99. The predicted molar refractivity (Wildman–Crippen MR) is 94.3 cm³/mol. The van der Waals surface area contributed by atoms with Gasteiger partial charge in [0.15, 0.2) is 0 Å². The fourth-order valence-electron chi connectivity index (χ4n) is 2.78. The van der Waals surface area contributed by atoms with Gasteiger partial charge in [0, 0.05) is 22.7 Å². The third-order valence-electron chi connectivity index (χ3n) is 3.89. The molecule has 2 aromatic carbocycles. The van der Waals surface area contributed by atoms with Gasteiger partial charge in [0.25, 0.3) is 0 Å². The smallest absolute Gasteiger partial charge is 0.0346 e. The molecular formula is C20H15NS. The van der Waals surface area contributed by atoms with E-state index in [1.165, 1.54) is 32.3 Å². The summed E-state index contributed by atoms with van der Waals surface area (Å²) in [7, 11) is 0. The third kappa shape index (κ3) is 2.53. The summed E-state index contributed by atoms with van der Waals surface area (Å²) in [5, 5.41) is 4.62. The van der Waals surface area contributed by atoms with Crippen LogP contribution in [0.25, 0.3) is 21.2 Å². The van der Waals surface area contributed by atoms with Crippen molar-refractivity contribution in [3.8, 4) is 10.4 Å². The molecule has 0 aliphatic rings. The van der Waals surface area contributed by atoms with Crippen molar-refractivity contribution in [2.75, 3.05) is 0 Å². The van der Waals surface area contributed by atoms with Gasteiger partial charge in [-0.25, -0.2) is 0 Å². The summed E-state index contributed by atoms with van der Waals surface area (Å²) in [4.78, 5) is 5.71. The highest BCUT2D eigenvalue weighted by Gasteiger charge is 2.06. The van der Waals surface area contributed by atoms with E-state index in [2.05, 4.69) is 71.0 Å². The van der Waals surface area contributed by atoms with Gasteiger partial charge in [0.1, 0.15) is 0 Å². The van der Waals surface area contributed by atoms with Crippen molar-refractivity contribution < 1.29 is 0 Å². The Hall–Kier alpha value is -2.45. The number of hydrogen-bond donors (Lipinski definition) is 0. The Morgan fingerprint density at radius 1 is 0.864 bits per heavy atom. The van der Waals surface area contributed by atoms with Crippen molar-refractivity contribution >= 4 is 22.1 Å². The first-order valence-corrected chi connectivity index (χ1v) is 8.22. The Morgan fingerprint density at radius 2 is 1.77 bits per heavy atom. The van der Waals surface area contributed by atoms with Crippen LogP contribution >= 0.6 is 11.3 Å². The number of hydrogen-bond acceptors (Lipinski definition) is 2. The average molecular weight is 301 g/mol. The van der Waals surface area contributed by atoms with Crippen molar-refractivity contribution in [2.45, 2.75) is 6.42 Å². The first-order valence-electron chi connectivity index (χ1n) is 7.34. The molecule has 1 nitrogen and oxygen atoms in total. The monoisotopic (exact) mass is 301 g/mol. The van der Waals surface area contributed by atoms with Gasteiger partial charge in [-0.2, -0.15) is 0 Å². The van der Waals surface area contributed by atoms with Crippen LogP contribution in [0.3, 0.4) is 0 Å². The van der Waals surface area contributed by atoms with E-state index < -0.39 is 0 Å². The van der Waals surface area contributed by atoms with Gasteiger partial charge in [0.05, 0.1) is 0 Å². The molecule has 0 aliphatic carbocycles. The molecule has 0 unspecified atom stereocenters. The lowest BCUT2D eigenvalue weighted by molar-refractivity contribution is 1.17. The van der Waals surface area contributed by atoms with Crippen molar-refractivity contribution in [3.63, 3.8) is 0 Å². The van der Waals surface area contributed by atoms with Crippen LogP contribution in [0.4, 0.5) is 0 Å². The standard InChI is InChI=1S/C20H15NS/c1-2-5-15(6-3-1)11-18-14-21-13-17-9-8-16(12-19(17)18)20-7-4-10-22-20/h1-10,12-14H,11H2. The van der Waals surface area contributed by atoms with E-state index in [0.29, 0.717) is 0 Å². The van der Waals surface area contributed by atoms with Gasteiger partial charge in [-0.3, -0.25) is 4.98 Å². The van der Waals surface area contributed by atoms with Crippen LogP contribution in [0.5, 0.6) is 0 Å². The maximum atomic E-state index is 4.40. The van der Waals surface area contributed by atoms with Gasteiger partial charge in [-0.15, -0.1) is 11.3 Å². The number of fused-ring (bicyclic) bond motifs is 1. The molecule has 0 N–H and O–H groups in total. The van der Waals surface area contributed by atoms with Crippen molar-refractivity contribution in [2.24, 2.45) is 0 Å². The van der Waals surface area contributed by atoms with Gasteiger partial charge in [0.2, 0.25) is 0 Å². The fraction of sp³-hybridized carbons (Fsp3) is 0.0500. The number of pyridine rings is 1. The maximum absolute atomic E-state index is 4.40. The van der Waals surface area contributed by atoms with Gasteiger partial charge in [-0.05, 0) is 46.0 Å². The molecule has 0 atom stereocenters. The lowest BCUT2D eigenvalue weighted by Crippen LogP contribution is -1.91. The van der Waals surface area contributed by atoms with Gasteiger partial charge >= 0.3 is 0 Å². The molecule has 2 aromatic heterocycles. The SMILES string of the molecule is c1ccc(Cc2cncc3ccc(-c4cccs4)cc23)cc1. The Kier molecular flexibility index (Phi) is 3.45. The molecular weight excluding hydrogens is 286 g/mol. The first kappa shape index (κ1) is 13.2. The average Bonchev–Trinajstić information content (AvgIpc) is 3.10. The second-order valence-electron chi connectivity index (χ2n) is 5.37. The molecule has 106 valence electrons. The summed E-state index contributed by atoms with van der Waals surface area (Å²) < 4.78 is 0. The van der Waals surface area contributed by atoms with Gasteiger partial charge in [-0.1, -0.05) is 48.5 Å². The quantitative estimate of drug-likeness (QED) is 0.483. The number of nitrogens with zero attached hydrogens (tertiary/aromatic N) is 1. The number of rotatable bonds is 3. The third-order valence-corrected chi connectivity index (χ3v) is 4.81. The topological polar surface area (TPSA) is 12.9 Å². The van der Waals surface area contributed by atoms with Crippen LogP contribution < -0.4 is 0 Å². The summed E-state index contributed by atoms with van der Waals surface area (Å²) in [6.45, 7) is 0. The Morgan fingerprint density at radius 3 is 2.59 bits per heavy atom. The van der Waals surface area contributed by atoms with E-state index in [-0.39, 0.29) is 0 Å². The van der Waals surface area contributed by atoms with E-state index in [0.717, 1.165) is 6.42 Å². The van der Waals surface area contributed by atoms with Gasteiger partial charge < -0.3 is 0 Å². The molecule has 0 saturated carbocycles. The number of benzene rings is 2. The Labute approximate surface area is 133 Å². The molecule has 2 heteroatoms. The minimum Gasteiger partial charge on any atom is -0.264 e. The van der Waals surface area contributed by atoms with E-state index >= 15 is 0 Å². The Balaban J connectivity index is 1.82. The first-order chi connectivity index (χ1) is 10.9. The van der Waals surface area contributed by atoms with Crippen molar-refractivity contribution in [3.05, 3.63) is 89.6 Å². The van der Waals surface area contributed by atoms with Crippen LogP contribution in [-0.2, 0) is 6.42 Å². The largest absolute Gasteiger partial charge is 0.264 e. The molecule has 0 amide bonds. The van der Waals surface area contributed by atoms with E-state index in [1.54, 1.807) is 11.3 Å². The second kappa shape index (κ2) is 5.74. The summed E-state index contributed by atoms with van der Waals surface area (Å²) in [6, 6.07) is 21.5. The molecule has 0 aliphatic heterocycles.